The van der Waals surface area contributed by atoms with Gasteiger partial charge in [-0.2, -0.15) is 0 Å². The molecule has 1 aromatic carbocycles. The van der Waals surface area contributed by atoms with E-state index in [2.05, 4.69) is 5.32 Å². The molecular weight excluding hydrogens is 258 g/mol. The van der Waals surface area contributed by atoms with E-state index < -0.39 is 12.0 Å². The summed E-state index contributed by atoms with van der Waals surface area (Å²) in [4.78, 5) is 23.4. The van der Waals surface area contributed by atoms with Crippen LogP contribution in [0.2, 0.25) is 0 Å². The number of nitrogens with one attached hydrogen (secondary N) is 1. The Labute approximate surface area is 117 Å². The summed E-state index contributed by atoms with van der Waals surface area (Å²) in [6.07, 6.45) is 0.904. The normalized spacial score (nSPS) is 21.7. The maximum atomic E-state index is 12.1. The van der Waals surface area contributed by atoms with E-state index in [1.807, 2.05) is 0 Å². The average Bonchev–Trinajstić information content (AvgIpc) is 2.89. The zero-order chi connectivity index (χ0) is 14.7. The van der Waals surface area contributed by atoms with E-state index >= 15 is 0 Å². The summed E-state index contributed by atoms with van der Waals surface area (Å²) in [7, 11) is 0. The Balaban J connectivity index is 2.09. The molecule has 2 unspecified atom stereocenters. The molecule has 0 aliphatic carbocycles. The number of benzene rings is 1. The van der Waals surface area contributed by atoms with Crippen molar-refractivity contribution in [3.8, 4) is 0 Å². The molecular formula is C14H19N3O3. The largest absolute Gasteiger partial charge is 0.366 e. The third kappa shape index (κ3) is 2.97. The average molecular weight is 277 g/mol. The molecule has 5 N–H and O–H groups in total. The number of hydrogen-bond donors (Lipinski definition) is 3. The number of ether oxygens (including phenoxy) is 1. The van der Waals surface area contributed by atoms with E-state index in [0.29, 0.717) is 29.8 Å². The maximum absolute atomic E-state index is 12.1. The lowest BCUT2D eigenvalue weighted by Gasteiger charge is -2.15. The highest BCUT2D eigenvalue weighted by molar-refractivity contribution is 5.99. The standard InChI is InChI=1S/C14H19N3O3/c1-8-10(13(16)18)3-2-4-11(8)17-14(19)12-6-5-9(7-15)20-12/h2-4,9,12H,5-7,15H2,1H3,(H2,16,18)(H,17,19). The van der Waals surface area contributed by atoms with Crippen molar-refractivity contribution in [1.29, 1.82) is 0 Å². The first-order chi connectivity index (χ1) is 9.52. The molecule has 1 aliphatic heterocycles. The van der Waals surface area contributed by atoms with Crippen molar-refractivity contribution in [2.24, 2.45) is 11.5 Å². The smallest absolute Gasteiger partial charge is 0.253 e. The van der Waals surface area contributed by atoms with Crippen LogP contribution in [0.5, 0.6) is 0 Å². The van der Waals surface area contributed by atoms with E-state index in [0.717, 1.165) is 6.42 Å². The van der Waals surface area contributed by atoms with Crippen LogP contribution >= 0.6 is 0 Å². The van der Waals surface area contributed by atoms with Crippen LogP contribution in [-0.4, -0.2) is 30.6 Å². The third-order valence-corrected chi connectivity index (χ3v) is 3.52. The Bertz CT molecular complexity index is 530. The summed E-state index contributed by atoms with van der Waals surface area (Å²) in [6, 6.07) is 5.04. The van der Waals surface area contributed by atoms with Crippen LogP contribution in [0.3, 0.4) is 0 Å². The van der Waals surface area contributed by atoms with Crippen LogP contribution in [0.4, 0.5) is 5.69 Å². The number of hydrogen-bond acceptors (Lipinski definition) is 4. The van der Waals surface area contributed by atoms with Crippen molar-refractivity contribution in [2.45, 2.75) is 32.0 Å². The van der Waals surface area contributed by atoms with Gasteiger partial charge in [0, 0.05) is 17.8 Å². The SMILES string of the molecule is Cc1c(NC(=O)C2CCC(CN)O2)cccc1C(N)=O. The highest BCUT2D eigenvalue weighted by Crippen LogP contribution is 2.23. The second-order valence-corrected chi connectivity index (χ2v) is 4.89. The van der Waals surface area contributed by atoms with E-state index in [4.69, 9.17) is 16.2 Å². The number of amides is 2. The summed E-state index contributed by atoms with van der Waals surface area (Å²) in [6.45, 7) is 2.16. The van der Waals surface area contributed by atoms with Crippen molar-refractivity contribution in [3.05, 3.63) is 29.3 Å². The molecule has 0 bridgehead atoms. The van der Waals surface area contributed by atoms with Gasteiger partial charge in [-0.25, -0.2) is 0 Å². The predicted molar refractivity (Wildman–Crippen MR) is 75.3 cm³/mol. The van der Waals surface area contributed by atoms with Crippen molar-refractivity contribution in [3.63, 3.8) is 0 Å². The van der Waals surface area contributed by atoms with Crippen LogP contribution in [0.15, 0.2) is 18.2 Å². The number of carbonyl (C=O) groups excluding carboxylic acids is 2. The number of nitrogens with two attached hydrogens (primary N) is 2. The first-order valence-electron chi connectivity index (χ1n) is 6.58. The molecule has 6 nitrogen and oxygen atoms in total. The first-order valence-corrected chi connectivity index (χ1v) is 6.58. The zero-order valence-corrected chi connectivity index (χ0v) is 11.4. The number of primary amides is 1. The van der Waals surface area contributed by atoms with Crippen molar-refractivity contribution in [1.82, 2.24) is 0 Å². The molecule has 0 saturated carbocycles. The maximum Gasteiger partial charge on any atom is 0.253 e. The fourth-order valence-corrected chi connectivity index (χ4v) is 2.32. The monoisotopic (exact) mass is 277 g/mol. The summed E-state index contributed by atoms with van der Waals surface area (Å²) >= 11 is 0. The molecule has 20 heavy (non-hydrogen) atoms. The van der Waals surface area contributed by atoms with Gasteiger partial charge in [0.15, 0.2) is 0 Å². The van der Waals surface area contributed by atoms with Crippen molar-refractivity contribution in [2.75, 3.05) is 11.9 Å². The Kier molecular flexibility index (Phi) is 4.36. The minimum absolute atomic E-state index is 0.0520. The van der Waals surface area contributed by atoms with Crippen molar-refractivity contribution >= 4 is 17.5 Å². The highest BCUT2D eigenvalue weighted by Gasteiger charge is 2.30. The quantitative estimate of drug-likeness (QED) is 0.746. The van der Waals surface area contributed by atoms with E-state index in [9.17, 15) is 9.59 Å². The number of rotatable bonds is 4. The Hall–Kier alpha value is -1.92. The lowest BCUT2D eigenvalue weighted by Crippen LogP contribution is -2.30. The second-order valence-electron chi connectivity index (χ2n) is 4.89. The molecule has 1 fully saturated rings. The first kappa shape index (κ1) is 14.5. The molecule has 2 atom stereocenters. The molecule has 1 saturated heterocycles. The van der Waals surface area contributed by atoms with Gasteiger partial charge in [-0.1, -0.05) is 6.07 Å². The van der Waals surface area contributed by atoms with Gasteiger partial charge in [0.25, 0.3) is 5.91 Å². The summed E-state index contributed by atoms with van der Waals surface area (Å²) in [5, 5.41) is 2.78. The lowest BCUT2D eigenvalue weighted by molar-refractivity contribution is -0.126. The second kappa shape index (κ2) is 6.02. The highest BCUT2D eigenvalue weighted by atomic mass is 16.5. The molecule has 0 radical (unpaired) electrons. The van der Waals surface area contributed by atoms with Crippen molar-refractivity contribution < 1.29 is 14.3 Å². The van der Waals surface area contributed by atoms with Crippen LogP contribution in [-0.2, 0) is 9.53 Å². The molecule has 0 spiro atoms. The van der Waals surface area contributed by atoms with Gasteiger partial charge in [0.1, 0.15) is 6.10 Å². The minimum Gasteiger partial charge on any atom is -0.366 e. The molecule has 2 amide bonds. The molecule has 6 heteroatoms. The van der Waals surface area contributed by atoms with Crippen LogP contribution < -0.4 is 16.8 Å². The Morgan fingerprint density at radius 2 is 2.15 bits per heavy atom. The summed E-state index contributed by atoms with van der Waals surface area (Å²) < 4.78 is 5.53. The van der Waals surface area contributed by atoms with Gasteiger partial charge in [-0.05, 0) is 37.5 Å². The van der Waals surface area contributed by atoms with Gasteiger partial charge >= 0.3 is 0 Å². The molecule has 2 rings (SSSR count). The predicted octanol–water partition coefficient (Wildman–Crippen LogP) is 0.539. The van der Waals surface area contributed by atoms with Crippen LogP contribution in [0.25, 0.3) is 0 Å². The fraction of sp³-hybridized carbons (Fsp3) is 0.429. The Morgan fingerprint density at radius 3 is 2.75 bits per heavy atom. The molecule has 1 aromatic rings. The van der Waals surface area contributed by atoms with E-state index in [1.54, 1.807) is 25.1 Å². The van der Waals surface area contributed by atoms with Gasteiger partial charge in [-0.3, -0.25) is 9.59 Å². The van der Waals surface area contributed by atoms with Gasteiger partial charge in [-0.15, -0.1) is 0 Å². The van der Waals surface area contributed by atoms with E-state index in [-0.39, 0.29) is 12.0 Å². The summed E-state index contributed by atoms with van der Waals surface area (Å²) in [5.41, 5.74) is 12.4. The molecule has 1 heterocycles. The lowest BCUT2D eigenvalue weighted by atomic mass is 10.1. The molecule has 0 aromatic heterocycles. The number of carbonyl (C=O) groups is 2. The molecule has 108 valence electrons. The fourth-order valence-electron chi connectivity index (χ4n) is 2.32. The van der Waals surface area contributed by atoms with E-state index in [1.165, 1.54) is 0 Å². The van der Waals surface area contributed by atoms with Gasteiger partial charge < -0.3 is 21.5 Å². The zero-order valence-electron chi connectivity index (χ0n) is 11.4. The minimum atomic E-state index is -0.515. The number of anilines is 1. The third-order valence-electron chi connectivity index (χ3n) is 3.52. The summed E-state index contributed by atoms with van der Waals surface area (Å²) in [5.74, 6) is -0.732. The molecule has 1 aliphatic rings. The van der Waals surface area contributed by atoms with Gasteiger partial charge in [0.05, 0.1) is 6.10 Å². The van der Waals surface area contributed by atoms with Gasteiger partial charge in [0.2, 0.25) is 5.91 Å². The van der Waals surface area contributed by atoms with Crippen LogP contribution in [0, 0.1) is 6.92 Å². The topological polar surface area (TPSA) is 107 Å². The van der Waals surface area contributed by atoms with Crippen LogP contribution in [0.1, 0.15) is 28.8 Å². The Morgan fingerprint density at radius 1 is 1.40 bits per heavy atom.